The molecule has 0 unspecified atom stereocenters. The molecular formula is C18H26FN3O2. The molecule has 1 fully saturated rings. The van der Waals surface area contributed by atoms with Gasteiger partial charge in [0.1, 0.15) is 5.82 Å². The van der Waals surface area contributed by atoms with Gasteiger partial charge in [-0.15, -0.1) is 0 Å². The van der Waals surface area contributed by atoms with Gasteiger partial charge in [-0.05, 0) is 18.1 Å². The third-order valence-corrected chi connectivity index (χ3v) is 4.18. The molecule has 2 amide bonds. The maximum atomic E-state index is 13.8. The van der Waals surface area contributed by atoms with Gasteiger partial charge in [-0.1, -0.05) is 26.0 Å². The molecule has 1 aromatic rings. The molecule has 1 aliphatic rings. The van der Waals surface area contributed by atoms with Crippen LogP contribution in [-0.2, 0) is 9.59 Å². The lowest BCUT2D eigenvalue weighted by molar-refractivity contribution is -0.140. The fraction of sp³-hybridized carbons (Fsp3) is 0.556. The number of hydrogen-bond acceptors (Lipinski definition) is 3. The first-order valence-electron chi connectivity index (χ1n) is 8.41. The number of carbonyl (C=O) groups is 2. The molecule has 1 saturated heterocycles. The Kier molecular flexibility index (Phi) is 6.17. The number of nitrogens with zero attached hydrogens (tertiary/aromatic N) is 3. The van der Waals surface area contributed by atoms with Crippen LogP contribution in [-0.4, -0.2) is 60.9 Å². The predicted octanol–water partition coefficient (Wildman–Crippen LogP) is 1.98. The summed E-state index contributed by atoms with van der Waals surface area (Å²) in [6.07, 6.45) is 0. The van der Waals surface area contributed by atoms with Crippen molar-refractivity contribution in [1.82, 2.24) is 9.80 Å². The van der Waals surface area contributed by atoms with Gasteiger partial charge >= 0.3 is 0 Å². The van der Waals surface area contributed by atoms with Gasteiger partial charge in [-0.3, -0.25) is 9.59 Å². The zero-order valence-corrected chi connectivity index (χ0v) is 14.7. The van der Waals surface area contributed by atoms with Crippen LogP contribution >= 0.6 is 0 Å². The molecule has 0 N–H and O–H groups in total. The van der Waals surface area contributed by atoms with E-state index in [1.165, 1.54) is 13.0 Å². The summed E-state index contributed by atoms with van der Waals surface area (Å²) in [5, 5.41) is 0. The summed E-state index contributed by atoms with van der Waals surface area (Å²) >= 11 is 0. The van der Waals surface area contributed by atoms with E-state index in [1.54, 1.807) is 21.9 Å². The monoisotopic (exact) mass is 335 g/mol. The van der Waals surface area contributed by atoms with Crippen LogP contribution in [0.15, 0.2) is 24.3 Å². The minimum atomic E-state index is -0.239. The highest BCUT2D eigenvalue weighted by molar-refractivity contribution is 5.84. The second-order valence-electron chi connectivity index (χ2n) is 6.61. The van der Waals surface area contributed by atoms with Crippen molar-refractivity contribution in [2.24, 2.45) is 5.92 Å². The van der Waals surface area contributed by atoms with E-state index in [1.807, 2.05) is 24.8 Å². The minimum Gasteiger partial charge on any atom is -0.366 e. The van der Waals surface area contributed by atoms with Gasteiger partial charge in [0, 0.05) is 39.6 Å². The van der Waals surface area contributed by atoms with Gasteiger partial charge in [0.2, 0.25) is 11.8 Å². The lowest BCUT2D eigenvalue weighted by Gasteiger charge is -2.37. The third kappa shape index (κ3) is 4.69. The van der Waals surface area contributed by atoms with E-state index in [-0.39, 0.29) is 24.2 Å². The first-order chi connectivity index (χ1) is 11.4. The third-order valence-electron chi connectivity index (χ3n) is 4.18. The van der Waals surface area contributed by atoms with E-state index in [4.69, 9.17) is 0 Å². The highest BCUT2D eigenvalue weighted by Gasteiger charge is 2.24. The maximum absolute atomic E-state index is 13.8. The van der Waals surface area contributed by atoms with Crippen LogP contribution in [0.4, 0.5) is 10.1 Å². The second kappa shape index (κ2) is 8.13. The molecule has 0 aliphatic carbocycles. The van der Waals surface area contributed by atoms with Crippen molar-refractivity contribution in [1.29, 1.82) is 0 Å². The van der Waals surface area contributed by atoms with E-state index >= 15 is 0 Å². The van der Waals surface area contributed by atoms with E-state index in [0.29, 0.717) is 44.3 Å². The smallest absolute Gasteiger partial charge is 0.242 e. The molecule has 2 rings (SSSR count). The number of piperazine rings is 1. The van der Waals surface area contributed by atoms with Crippen molar-refractivity contribution in [2.45, 2.75) is 20.8 Å². The second-order valence-corrected chi connectivity index (χ2v) is 6.61. The van der Waals surface area contributed by atoms with Crippen LogP contribution in [0.25, 0.3) is 0 Å². The predicted molar refractivity (Wildman–Crippen MR) is 92.3 cm³/mol. The molecule has 1 aromatic carbocycles. The largest absolute Gasteiger partial charge is 0.366 e. The fourth-order valence-electron chi connectivity index (χ4n) is 2.91. The van der Waals surface area contributed by atoms with E-state index in [2.05, 4.69) is 0 Å². The average Bonchev–Trinajstić information content (AvgIpc) is 2.54. The lowest BCUT2D eigenvalue weighted by atomic mass is 10.2. The summed E-state index contributed by atoms with van der Waals surface area (Å²) in [6.45, 7) is 8.51. The van der Waals surface area contributed by atoms with Crippen LogP contribution in [0.2, 0.25) is 0 Å². The Balaban J connectivity index is 1.90. The van der Waals surface area contributed by atoms with Gasteiger partial charge in [-0.25, -0.2) is 4.39 Å². The molecule has 0 bridgehead atoms. The molecule has 0 atom stereocenters. The fourth-order valence-corrected chi connectivity index (χ4v) is 2.91. The molecule has 132 valence electrons. The van der Waals surface area contributed by atoms with Gasteiger partial charge in [0.25, 0.3) is 0 Å². The lowest BCUT2D eigenvalue weighted by Crippen LogP contribution is -2.52. The average molecular weight is 335 g/mol. The Morgan fingerprint density at radius 3 is 2.33 bits per heavy atom. The number of hydrogen-bond donors (Lipinski definition) is 0. The van der Waals surface area contributed by atoms with Crippen molar-refractivity contribution < 1.29 is 14.0 Å². The number of benzene rings is 1. The molecule has 5 nitrogen and oxygen atoms in total. The van der Waals surface area contributed by atoms with Crippen molar-refractivity contribution >= 4 is 17.5 Å². The molecule has 0 saturated carbocycles. The standard InChI is InChI=1S/C18H26FN3O2/c1-14(2)12-22(15(3)23)13-18(24)21-10-8-20(9-11-21)17-7-5-4-6-16(17)19/h4-7,14H,8-13H2,1-3H3. The van der Waals surface area contributed by atoms with Crippen LogP contribution in [0, 0.1) is 11.7 Å². The van der Waals surface area contributed by atoms with Crippen molar-refractivity contribution in [2.75, 3.05) is 44.2 Å². The quantitative estimate of drug-likeness (QED) is 0.826. The number of halogens is 1. The topological polar surface area (TPSA) is 43.9 Å². The zero-order chi connectivity index (χ0) is 17.7. The first-order valence-corrected chi connectivity index (χ1v) is 8.41. The van der Waals surface area contributed by atoms with E-state index in [9.17, 15) is 14.0 Å². The molecule has 6 heteroatoms. The van der Waals surface area contributed by atoms with Crippen molar-refractivity contribution in [3.05, 3.63) is 30.1 Å². The number of carbonyl (C=O) groups excluding carboxylic acids is 2. The number of amides is 2. The molecule has 0 aromatic heterocycles. The van der Waals surface area contributed by atoms with Crippen LogP contribution < -0.4 is 4.90 Å². The summed E-state index contributed by atoms with van der Waals surface area (Å²) in [6, 6.07) is 6.69. The van der Waals surface area contributed by atoms with E-state index in [0.717, 1.165) is 0 Å². The molecular weight excluding hydrogens is 309 g/mol. The van der Waals surface area contributed by atoms with Gasteiger partial charge in [0.15, 0.2) is 0 Å². The molecule has 1 aliphatic heterocycles. The Bertz CT molecular complexity index is 583. The summed E-state index contributed by atoms with van der Waals surface area (Å²) in [5.74, 6) is -0.0438. The highest BCUT2D eigenvalue weighted by Crippen LogP contribution is 2.20. The van der Waals surface area contributed by atoms with Crippen LogP contribution in [0.1, 0.15) is 20.8 Å². The molecule has 0 spiro atoms. The normalized spacial score (nSPS) is 14.9. The summed E-state index contributed by atoms with van der Waals surface area (Å²) in [7, 11) is 0. The Labute approximate surface area is 143 Å². The zero-order valence-electron chi connectivity index (χ0n) is 14.7. The van der Waals surface area contributed by atoms with E-state index < -0.39 is 0 Å². The first kappa shape index (κ1) is 18.2. The number of rotatable bonds is 5. The Hall–Kier alpha value is -2.11. The van der Waals surface area contributed by atoms with Crippen LogP contribution in [0.5, 0.6) is 0 Å². The molecule has 0 radical (unpaired) electrons. The summed E-state index contributed by atoms with van der Waals surface area (Å²) < 4.78 is 13.8. The Morgan fingerprint density at radius 1 is 1.17 bits per heavy atom. The van der Waals surface area contributed by atoms with Crippen molar-refractivity contribution in [3.8, 4) is 0 Å². The minimum absolute atomic E-state index is 0.0426. The SMILES string of the molecule is CC(=O)N(CC(=O)N1CCN(c2ccccc2F)CC1)CC(C)C. The summed E-state index contributed by atoms with van der Waals surface area (Å²) in [5.41, 5.74) is 0.578. The van der Waals surface area contributed by atoms with Gasteiger partial charge in [-0.2, -0.15) is 0 Å². The Morgan fingerprint density at radius 2 is 1.79 bits per heavy atom. The highest BCUT2D eigenvalue weighted by atomic mass is 19.1. The van der Waals surface area contributed by atoms with Gasteiger partial charge < -0.3 is 14.7 Å². The maximum Gasteiger partial charge on any atom is 0.242 e. The van der Waals surface area contributed by atoms with Gasteiger partial charge in [0.05, 0.1) is 12.2 Å². The molecule has 24 heavy (non-hydrogen) atoms. The number of anilines is 1. The van der Waals surface area contributed by atoms with Crippen molar-refractivity contribution in [3.63, 3.8) is 0 Å². The molecule has 1 heterocycles. The van der Waals surface area contributed by atoms with Crippen LogP contribution in [0.3, 0.4) is 0 Å². The summed E-state index contributed by atoms with van der Waals surface area (Å²) in [4.78, 5) is 29.4. The number of para-hydroxylation sites is 1.